The third kappa shape index (κ3) is 2.97. The molecule has 17 heavy (non-hydrogen) atoms. The number of aromatic nitrogens is 1. The molecule has 0 bridgehead atoms. The van der Waals surface area contributed by atoms with E-state index in [9.17, 15) is 4.79 Å². The van der Waals surface area contributed by atoms with Crippen molar-refractivity contribution >= 4 is 5.78 Å². The predicted molar refractivity (Wildman–Crippen MR) is 69.2 cm³/mol. The van der Waals surface area contributed by atoms with Crippen LogP contribution >= 0.6 is 0 Å². The fourth-order valence-corrected chi connectivity index (χ4v) is 2.71. The lowest BCUT2D eigenvalue weighted by Crippen LogP contribution is -2.42. The molecule has 1 aliphatic rings. The number of rotatable bonds is 3. The average Bonchev–Trinajstić information content (AvgIpc) is 2.62. The lowest BCUT2D eigenvalue weighted by atomic mass is 9.84. The highest BCUT2D eigenvalue weighted by Gasteiger charge is 2.27. The molecule has 94 valence electrons. The molecule has 0 amide bonds. The van der Waals surface area contributed by atoms with E-state index in [0.717, 1.165) is 18.8 Å². The molecule has 0 aromatic carbocycles. The highest BCUT2D eigenvalue weighted by molar-refractivity contribution is 5.96. The van der Waals surface area contributed by atoms with Gasteiger partial charge in [0.2, 0.25) is 0 Å². The molecular formula is C14H22N2O. The van der Waals surface area contributed by atoms with Crippen molar-refractivity contribution in [2.24, 2.45) is 12.5 Å². The van der Waals surface area contributed by atoms with Crippen LogP contribution in [-0.2, 0) is 7.05 Å². The summed E-state index contributed by atoms with van der Waals surface area (Å²) in [5, 5.41) is 0. The summed E-state index contributed by atoms with van der Waals surface area (Å²) >= 11 is 0. The van der Waals surface area contributed by atoms with Crippen LogP contribution in [0.3, 0.4) is 0 Å². The van der Waals surface area contributed by atoms with Gasteiger partial charge in [-0.25, -0.2) is 0 Å². The molecule has 0 N–H and O–H groups in total. The van der Waals surface area contributed by atoms with Crippen molar-refractivity contribution in [2.75, 3.05) is 19.6 Å². The maximum absolute atomic E-state index is 12.1. The van der Waals surface area contributed by atoms with Crippen molar-refractivity contribution in [3.05, 3.63) is 24.0 Å². The second-order valence-electron chi connectivity index (χ2n) is 5.91. The molecule has 0 spiro atoms. The van der Waals surface area contributed by atoms with Crippen LogP contribution in [0.1, 0.15) is 37.2 Å². The van der Waals surface area contributed by atoms with E-state index >= 15 is 0 Å². The average molecular weight is 234 g/mol. The Hall–Kier alpha value is -1.09. The number of hydrogen-bond donors (Lipinski definition) is 0. The standard InChI is InChI=1S/C14H22N2O/c1-14(2)7-5-9-16(11-14)10-13(17)12-6-4-8-15(12)3/h4,6,8H,5,7,9-11H2,1-3H3. The molecule has 1 fully saturated rings. The maximum atomic E-state index is 12.1. The highest BCUT2D eigenvalue weighted by Crippen LogP contribution is 2.28. The summed E-state index contributed by atoms with van der Waals surface area (Å²) < 4.78 is 1.90. The number of Topliss-reactive ketones (excluding diaryl/α,β-unsaturated/α-hetero) is 1. The third-order valence-corrected chi connectivity index (χ3v) is 3.58. The van der Waals surface area contributed by atoms with Gasteiger partial charge in [-0.2, -0.15) is 0 Å². The minimum absolute atomic E-state index is 0.232. The minimum atomic E-state index is 0.232. The fraction of sp³-hybridized carbons (Fsp3) is 0.643. The molecule has 0 saturated carbocycles. The van der Waals surface area contributed by atoms with Crippen LogP contribution in [0.4, 0.5) is 0 Å². The van der Waals surface area contributed by atoms with Crippen molar-refractivity contribution in [1.82, 2.24) is 9.47 Å². The Kier molecular flexibility index (Phi) is 3.38. The van der Waals surface area contributed by atoms with Crippen molar-refractivity contribution in [3.63, 3.8) is 0 Å². The molecule has 3 heteroatoms. The van der Waals surface area contributed by atoms with Gasteiger partial charge in [0.05, 0.1) is 12.2 Å². The number of carbonyl (C=O) groups is 1. The molecular weight excluding hydrogens is 212 g/mol. The van der Waals surface area contributed by atoms with Gasteiger partial charge >= 0.3 is 0 Å². The van der Waals surface area contributed by atoms with Gasteiger partial charge < -0.3 is 4.57 Å². The molecule has 1 saturated heterocycles. The van der Waals surface area contributed by atoms with E-state index in [1.807, 2.05) is 29.9 Å². The Balaban J connectivity index is 1.98. The van der Waals surface area contributed by atoms with Crippen molar-refractivity contribution in [1.29, 1.82) is 0 Å². The Morgan fingerprint density at radius 2 is 2.24 bits per heavy atom. The van der Waals surface area contributed by atoms with E-state index in [2.05, 4.69) is 18.7 Å². The Morgan fingerprint density at radius 1 is 1.47 bits per heavy atom. The molecule has 1 aliphatic heterocycles. The number of piperidine rings is 1. The third-order valence-electron chi connectivity index (χ3n) is 3.58. The molecule has 1 aromatic heterocycles. The zero-order chi connectivity index (χ0) is 12.5. The minimum Gasteiger partial charge on any atom is -0.348 e. The first-order valence-electron chi connectivity index (χ1n) is 6.35. The lowest BCUT2D eigenvalue weighted by Gasteiger charge is -2.37. The van der Waals surface area contributed by atoms with Crippen LogP contribution in [0.15, 0.2) is 18.3 Å². The molecule has 2 rings (SSSR count). The molecule has 0 atom stereocenters. The second-order valence-corrected chi connectivity index (χ2v) is 5.91. The van der Waals surface area contributed by atoms with Crippen molar-refractivity contribution < 1.29 is 4.79 Å². The van der Waals surface area contributed by atoms with Gasteiger partial charge in [-0.1, -0.05) is 13.8 Å². The van der Waals surface area contributed by atoms with Gasteiger partial charge in [-0.15, -0.1) is 0 Å². The Morgan fingerprint density at radius 3 is 2.82 bits per heavy atom. The predicted octanol–water partition coefficient (Wildman–Crippen LogP) is 2.33. The summed E-state index contributed by atoms with van der Waals surface area (Å²) in [6.45, 7) is 7.21. The van der Waals surface area contributed by atoms with Crippen molar-refractivity contribution in [3.8, 4) is 0 Å². The zero-order valence-electron chi connectivity index (χ0n) is 11.1. The van der Waals surface area contributed by atoms with Gasteiger partial charge in [0.1, 0.15) is 0 Å². The number of ketones is 1. The molecule has 2 heterocycles. The smallest absolute Gasteiger partial charge is 0.193 e. The SMILES string of the molecule is Cn1cccc1C(=O)CN1CCCC(C)(C)C1. The topological polar surface area (TPSA) is 25.2 Å². The van der Waals surface area contributed by atoms with E-state index in [-0.39, 0.29) is 5.78 Å². The summed E-state index contributed by atoms with van der Waals surface area (Å²) in [6.07, 6.45) is 4.39. The van der Waals surface area contributed by atoms with Crippen LogP contribution in [0, 0.1) is 5.41 Å². The van der Waals surface area contributed by atoms with Crippen molar-refractivity contribution in [2.45, 2.75) is 26.7 Å². The number of aryl methyl sites for hydroxylation is 1. The largest absolute Gasteiger partial charge is 0.348 e. The van der Waals surface area contributed by atoms with E-state index in [1.165, 1.54) is 12.8 Å². The number of hydrogen-bond acceptors (Lipinski definition) is 2. The molecule has 0 aliphatic carbocycles. The molecule has 0 unspecified atom stereocenters. The van der Waals surface area contributed by atoms with Gasteiger partial charge in [0.15, 0.2) is 5.78 Å². The maximum Gasteiger partial charge on any atom is 0.193 e. The fourth-order valence-electron chi connectivity index (χ4n) is 2.71. The van der Waals surface area contributed by atoms with Gasteiger partial charge in [-0.05, 0) is 36.9 Å². The normalized spacial score (nSPS) is 20.4. The van der Waals surface area contributed by atoms with Gasteiger partial charge in [-0.3, -0.25) is 9.69 Å². The Labute approximate surface area is 103 Å². The molecule has 1 aromatic rings. The van der Waals surface area contributed by atoms with Crippen LogP contribution in [0.25, 0.3) is 0 Å². The summed E-state index contributed by atoms with van der Waals surface area (Å²) in [5.74, 6) is 0.232. The summed E-state index contributed by atoms with van der Waals surface area (Å²) in [5.41, 5.74) is 1.17. The Bertz CT molecular complexity index is 406. The summed E-state index contributed by atoms with van der Waals surface area (Å²) in [6, 6.07) is 3.82. The van der Waals surface area contributed by atoms with E-state index in [4.69, 9.17) is 0 Å². The van der Waals surface area contributed by atoms with E-state index in [1.54, 1.807) is 0 Å². The quantitative estimate of drug-likeness (QED) is 0.750. The first-order chi connectivity index (χ1) is 7.98. The van der Waals surface area contributed by atoms with E-state index in [0.29, 0.717) is 12.0 Å². The number of carbonyl (C=O) groups excluding carboxylic acids is 1. The molecule has 0 radical (unpaired) electrons. The van der Waals surface area contributed by atoms with Crippen LogP contribution in [0.2, 0.25) is 0 Å². The summed E-state index contributed by atoms with van der Waals surface area (Å²) in [7, 11) is 1.92. The van der Waals surface area contributed by atoms with Crippen LogP contribution in [0.5, 0.6) is 0 Å². The lowest BCUT2D eigenvalue weighted by molar-refractivity contribution is 0.0803. The first kappa shape index (κ1) is 12.4. The van der Waals surface area contributed by atoms with Gasteiger partial charge in [0, 0.05) is 19.8 Å². The first-order valence-corrected chi connectivity index (χ1v) is 6.35. The van der Waals surface area contributed by atoms with Gasteiger partial charge in [0.25, 0.3) is 0 Å². The van der Waals surface area contributed by atoms with Crippen LogP contribution in [-0.4, -0.2) is 34.9 Å². The summed E-state index contributed by atoms with van der Waals surface area (Å²) in [4.78, 5) is 14.4. The number of nitrogens with zero attached hydrogens (tertiary/aromatic N) is 2. The molecule has 3 nitrogen and oxygen atoms in total. The van der Waals surface area contributed by atoms with E-state index < -0.39 is 0 Å². The second kappa shape index (κ2) is 4.65. The van der Waals surface area contributed by atoms with Crippen LogP contribution < -0.4 is 0 Å². The monoisotopic (exact) mass is 234 g/mol. The highest BCUT2D eigenvalue weighted by atomic mass is 16.1. The zero-order valence-corrected chi connectivity index (χ0v) is 11.1. The number of likely N-dealkylation sites (tertiary alicyclic amines) is 1.